The Morgan fingerprint density at radius 3 is 2.31 bits per heavy atom. The second kappa shape index (κ2) is 6.42. The van der Waals surface area contributed by atoms with Crippen LogP contribution in [0.3, 0.4) is 0 Å². The molecule has 4 N–H and O–H groups in total. The second-order valence-corrected chi connectivity index (χ2v) is 3.06. The maximum atomic E-state index is 11.2. The van der Waals surface area contributed by atoms with Crippen LogP contribution in [0.2, 0.25) is 0 Å². The van der Waals surface area contributed by atoms with Crippen molar-refractivity contribution in [2.75, 3.05) is 0 Å². The Labute approximate surface area is 91.6 Å². The standard InChI is InChI=1S/C9H12N2O5/c1-2-3-6(9(15)16)11-8(14)5(10)4-7(12)13/h1,5-6H,3-4,10H2,(H,11,14)(H,12,13)(H,15,16)/p-1/t5-,6-/m0/s1. The fourth-order valence-electron chi connectivity index (χ4n) is 0.895. The number of nitrogens with one attached hydrogen (secondary N) is 1. The van der Waals surface area contributed by atoms with Crippen molar-refractivity contribution in [1.29, 1.82) is 0 Å². The molecule has 0 saturated carbocycles. The van der Waals surface area contributed by atoms with E-state index in [1.54, 1.807) is 0 Å². The van der Waals surface area contributed by atoms with Crippen molar-refractivity contribution < 1.29 is 30.3 Å². The normalized spacial score (nSPS) is 13.2. The van der Waals surface area contributed by atoms with E-state index >= 15 is 0 Å². The van der Waals surface area contributed by atoms with Crippen molar-refractivity contribution >= 4 is 17.8 Å². The summed E-state index contributed by atoms with van der Waals surface area (Å²) in [5.74, 6) is -1.76. The highest BCUT2D eigenvalue weighted by atomic mass is 16.4. The van der Waals surface area contributed by atoms with Gasteiger partial charge in [0.15, 0.2) is 6.04 Å². The third-order valence-corrected chi connectivity index (χ3v) is 1.71. The Kier molecular flexibility index (Phi) is 5.59. The number of quaternary nitrogens is 1. The zero-order chi connectivity index (χ0) is 12.7. The highest BCUT2D eigenvalue weighted by Gasteiger charge is 2.21. The molecular formula is C9H11N2O5-. The van der Waals surface area contributed by atoms with Crippen molar-refractivity contribution in [1.82, 2.24) is 5.32 Å². The van der Waals surface area contributed by atoms with Gasteiger partial charge in [0.2, 0.25) is 0 Å². The Morgan fingerprint density at radius 1 is 1.38 bits per heavy atom. The van der Waals surface area contributed by atoms with Crippen LogP contribution in [0.5, 0.6) is 0 Å². The van der Waals surface area contributed by atoms with Gasteiger partial charge < -0.3 is 30.9 Å². The van der Waals surface area contributed by atoms with Crippen molar-refractivity contribution in [3.8, 4) is 12.3 Å². The molecule has 0 saturated heterocycles. The number of carbonyl (C=O) groups excluding carboxylic acids is 3. The molecular weight excluding hydrogens is 216 g/mol. The molecule has 0 aromatic carbocycles. The van der Waals surface area contributed by atoms with Gasteiger partial charge >= 0.3 is 0 Å². The molecule has 0 fully saturated rings. The van der Waals surface area contributed by atoms with Crippen molar-refractivity contribution in [2.45, 2.75) is 24.9 Å². The van der Waals surface area contributed by atoms with E-state index in [9.17, 15) is 24.6 Å². The van der Waals surface area contributed by atoms with Crippen molar-refractivity contribution in [3.63, 3.8) is 0 Å². The lowest BCUT2D eigenvalue weighted by molar-refractivity contribution is -0.408. The Bertz CT molecular complexity index is 333. The summed E-state index contributed by atoms with van der Waals surface area (Å²) in [5.41, 5.74) is 3.25. The summed E-state index contributed by atoms with van der Waals surface area (Å²) in [6.45, 7) is 0. The Balaban J connectivity index is 4.35. The molecule has 0 aliphatic heterocycles. The first kappa shape index (κ1) is 13.9. The Hall–Kier alpha value is -2.07. The van der Waals surface area contributed by atoms with Crippen LogP contribution in [0.25, 0.3) is 0 Å². The lowest BCUT2D eigenvalue weighted by atomic mass is 10.1. The number of terminal acetylenes is 1. The Morgan fingerprint density at radius 2 is 1.94 bits per heavy atom. The zero-order valence-electron chi connectivity index (χ0n) is 8.39. The summed E-state index contributed by atoms with van der Waals surface area (Å²) in [6, 6.07) is -2.48. The van der Waals surface area contributed by atoms with Gasteiger partial charge in [-0.3, -0.25) is 4.79 Å². The fourth-order valence-corrected chi connectivity index (χ4v) is 0.895. The molecule has 0 spiro atoms. The highest BCUT2D eigenvalue weighted by Crippen LogP contribution is 1.91. The highest BCUT2D eigenvalue weighted by molar-refractivity contribution is 5.87. The molecule has 0 radical (unpaired) electrons. The van der Waals surface area contributed by atoms with E-state index < -0.39 is 36.4 Å². The van der Waals surface area contributed by atoms with E-state index in [1.807, 2.05) is 11.2 Å². The smallest absolute Gasteiger partial charge is 0.279 e. The third kappa shape index (κ3) is 4.97. The van der Waals surface area contributed by atoms with Crippen LogP contribution in [-0.2, 0) is 14.4 Å². The topological polar surface area (TPSA) is 137 Å². The van der Waals surface area contributed by atoms with Crippen LogP contribution < -0.4 is 21.3 Å². The summed E-state index contributed by atoms with van der Waals surface area (Å²) in [7, 11) is 0. The quantitative estimate of drug-likeness (QED) is 0.437. The number of amides is 1. The number of rotatable bonds is 6. The zero-order valence-corrected chi connectivity index (χ0v) is 8.39. The molecule has 0 aromatic rings. The second-order valence-electron chi connectivity index (χ2n) is 3.06. The van der Waals surface area contributed by atoms with Crippen LogP contribution in [0.4, 0.5) is 0 Å². The van der Waals surface area contributed by atoms with E-state index in [-0.39, 0.29) is 6.42 Å². The molecule has 16 heavy (non-hydrogen) atoms. The summed E-state index contributed by atoms with van der Waals surface area (Å²) >= 11 is 0. The van der Waals surface area contributed by atoms with Crippen LogP contribution in [-0.4, -0.2) is 29.9 Å². The van der Waals surface area contributed by atoms with E-state index in [4.69, 9.17) is 6.42 Å². The molecule has 1 amide bonds. The average Bonchev–Trinajstić information content (AvgIpc) is 2.15. The van der Waals surface area contributed by atoms with Gasteiger partial charge in [-0.15, -0.1) is 12.3 Å². The maximum Gasteiger partial charge on any atom is 0.279 e. The first-order chi connectivity index (χ1) is 7.38. The molecule has 88 valence electrons. The lowest BCUT2D eigenvalue weighted by Gasteiger charge is -2.18. The minimum atomic E-state index is -1.54. The monoisotopic (exact) mass is 227 g/mol. The van der Waals surface area contributed by atoms with Crippen molar-refractivity contribution in [3.05, 3.63) is 0 Å². The first-order valence-electron chi connectivity index (χ1n) is 4.36. The minimum Gasteiger partial charge on any atom is -0.550 e. The van der Waals surface area contributed by atoms with Crippen LogP contribution in [0, 0.1) is 12.3 Å². The summed E-state index contributed by atoms with van der Waals surface area (Å²) in [6.07, 6.45) is 4.05. The van der Waals surface area contributed by atoms with Crippen LogP contribution in [0.1, 0.15) is 12.8 Å². The molecule has 0 rings (SSSR count). The third-order valence-electron chi connectivity index (χ3n) is 1.71. The molecule has 0 aliphatic carbocycles. The summed E-state index contributed by atoms with van der Waals surface area (Å²) in [4.78, 5) is 31.9. The molecule has 0 aliphatic rings. The van der Waals surface area contributed by atoms with E-state index in [0.717, 1.165) is 0 Å². The van der Waals surface area contributed by atoms with Gasteiger partial charge in [-0.25, -0.2) is 0 Å². The van der Waals surface area contributed by atoms with E-state index in [2.05, 4.69) is 5.73 Å². The minimum absolute atomic E-state index is 0.244. The predicted octanol–water partition coefficient (Wildman–Crippen LogP) is -5.01. The van der Waals surface area contributed by atoms with Gasteiger partial charge in [-0.05, 0) is 0 Å². The SMILES string of the molecule is C#CC[C@H](NC(=O)[C@@H]([NH3+])CC(=O)[O-])C(=O)[O-]. The first-order valence-corrected chi connectivity index (χ1v) is 4.36. The maximum absolute atomic E-state index is 11.2. The molecule has 0 unspecified atom stereocenters. The average molecular weight is 227 g/mol. The molecule has 0 aromatic heterocycles. The summed E-state index contributed by atoms with van der Waals surface area (Å²) in [5, 5.41) is 22.7. The van der Waals surface area contributed by atoms with Gasteiger partial charge in [0, 0.05) is 18.8 Å². The number of aliphatic carboxylic acids is 2. The van der Waals surface area contributed by atoms with Crippen molar-refractivity contribution in [2.24, 2.45) is 0 Å². The fraction of sp³-hybridized carbons (Fsp3) is 0.444. The number of hydrogen-bond acceptors (Lipinski definition) is 5. The van der Waals surface area contributed by atoms with E-state index in [1.165, 1.54) is 0 Å². The number of hydrogen-bond donors (Lipinski definition) is 2. The van der Waals surface area contributed by atoms with Crippen LogP contribution >= 0.6 is 0 Å². The molecule has 2 atom stereocenters. The van der Waals surface area contributed by atoms with Gasteiger partial charge in [-0.2, -0.15) is 0 Å². The number of carboxylic acids is 2. The van der Waals surface area contributed by atoms with E-state index in [0.29, 0.717) is 0 Å². The summed E-state index contributed by atoms with van der Waals surface area (Å²) < 4.78 is 0. The molecule has 7 heteroatoms. The predicted molar refractivity (Wildman–Crippen MR) is 46.7 cm³/mol. The lowest BCUT2D eigenvalue weighted by Crippen LogP contribution is -2.70. The number of carbonyl (C=O) groups is 3. The molecule has 7 nitrogen and oxygen atoms in total. The molecule has 0 bridgehead atoms. The largest absolute Gasteiger partial charge is 0.550 e. The molecule has 0 heterocycles. The van der Waals surface area contributed by atoms with Crippen LogP contribution in [0.15, 0.2) is 0 Å². The number of carboxylic acid groups (broad SMARTS) is 2. The van der Waals surface area contributed by atoms with Gasteiger partial charge in [0.25, 0.3) is 5.91 Å². The van der Waals surface area contributed by atoms with Gasteiger partial charge in [0.05, 0.1) is 12.0 Å². The van der Waals surface area contributed by atoms with Gasteiger partial charge in [0.1, 0.15) is 0 Å². The van der Waals surface area contributed by atoms with Gasteiger partial charge in [-0.1, -0.05) is 0 Å².